The maximum Gasteiger partial charge on any atom is 0.169 e. The van der Waals surface area contributed by atoms with Crippen molar-refractivity contribution in [2.45, 2.75) is 38.6 Å². The molecule has 1 unspecified atom stereocenters. The van der Waals surface area contributed by atoms with Gasteiger partial charge in [-0.25, -0.2) is 4.39 Å². The van der Waals surface area contributed by atoms with E-state index >= 15 is 0 Å². The lowest BCUT2D eigenvalue weighted by atomic mass is 9.77. The quantitative estimate of drug-likeness (QED) is 0.891. The molecule has 0 spiro atoms. The smallest absolute Gasteiger partial charge is 0.169 e. The van der Waals surface area contributed by atoms with Gasteiger partial charge >= 0.3 is 0 Å². The van der Waals surface area contributed by atoms with Gasteiger partial charge in [0.15, 0.2) is 11.6 Å². The molecule has 1 fully saturated rings. The Balaban J connectivity index is 2.22. The van der Waals surface area contributed by atoms with E-state index in [0.717, 1.165) is 11.5 Å². The van der Waals surface area contributed by atoms with E-state index in [9.17, 15) is 4.39 Å². The van der Waals surface area contributed by atoms with E-state index in [2.05, 4.69) is 12.2 Å². The zero-order chi connectivity index (χ0) is 13.8. The number of benzene rings is 1. The molecule has 1 saturated carbocycles. The summed E-state index contributed by atoms with van der Waals surface area (Å²) < 4.78 is 19.5. The number of rotatable bonds is 4. The first-order valence-corrected chi connectivity index (χ1v) is 7.17. The minimum absolute atomic E-state index is 0.0857. The summed E-state index contributed by atoms with van der Waals surface area (Å²) in [5.41, 5.74) is 0.737. The Morgan fingerprint density at radius 2 is 1.95 bits per heavy atom. The first kappa shape index (κ1) is 14.3. The molecule has 1 atom stereocenters. The van der Waals surface area contributed by atoms with Crippen molar-refractivity contribution in [2.24, 2.45) is 11.8 Å². The first-order chi connectivity index (χ1) is 9.17. The molecule has 0 saturated heterocycles. The van der Waals surface area contributed by atoms with Crippen LogP contribution in [0.5, 0.6) is 5.75 Å². The Labute approximate surface area is 115 Å². The van der Waals surface area contributed by atoms with E-state index in [-0.39, 0.29) is 11.9 Å². The van der Waals surface area contributed by atoms with Crippen LogP contribution < -0.4 is 10.1 Å². The molecule has 1 N–H and O–H groups in total. The highest BCUT2D eigenvalue weighted by atomic mass is 19.1. The van der Waals surface area contributed by atoms with Crippen molar-refractivity contribution in [3.8, 4) is 5.75 Å². The molecule has 0 aliphatic heterocycles. The summed E-state index contributed by atoms with van der Waals surface area (Å²) in [7, 11) is 3.43. The van der Waals surface area contributed by atoms with E-state index in [1.807, 2.05) is 19.2 Å². The number of hydrogen-bond donors (Lipinski definition) is 1. The van der Waals surface area contributed by atoms with Crippen molar-refractivity contribution in [1.82, 2.24) is 5.32 Å². The Bertz CT molecular complexity index is 413. The van der Waals surface area contributed by atoms with Crippen molar-refractivity contribution in [3.05, 3.63) is 29.6 Å². The Hall–Kier alpha value is -1.09. The molecule has 0 radical (unpaired) electrons. The molecular formula is C16H24FNO. The van der Waals surface area contributed by atoms with E-state index in [1.165, 1.54) is 32.8 Å². The summed E-state index contributed by atoms with van der Waals surface area (Å²) in [5, 5.41) is 3.30. The van der Waals surface area contributed by atoms with Crippen LogP contribution in [-0.2, 0) is 0 Å². The van der Waals surface area contributed by atoms with Crippen molar-refractivity contribution >= 4 is 0 Å². The fourth-order valence-corrected chi connectivity index (χ4v) is 3.19. The van der Waals surface area contributed by atoms with Crippen molar-refractivity contribution < 1.29 is 9.13 Å². The lowest BCUT2D eigenvalue weighted by molar-refractivity contribution is 0.234. The highest BCUT2D eigenvalue weighted by Crippen LogP contribution is 2.38. The lowest BCUT2D eigenvalue weighted by Crippen LogP contribution is -2.29. The third kappa shape index (κ3) is 3.08. The maximum atomic E-state index is 14.4. The molecule has 19 heavy (non-hydrogen) atoms. The normalized spacial score (nSPS) is 25.1. The Morgan fingerprint density at radius 1 is 1.26 bits per heavy atom. The fourth-order valence-electron chi connectivity index (χ4n) is 3.19. The van der Waals surface area contributed by atoms with Crippen LogP contribution in [0.15, 0.2) is 18.2 Å². The zero-order valence-electron chi connectivity index (χ0n) is 12.1. The van der Waals surface area contributed by atoms with Gasteiger partial charge in [0.1, 0.15) is 0 Å². The van der Waals surface area contributed by atoms with E-state index < -0.39 is 0 Å². The Kier molecular flexibility index (Phi) is 4.81. The summed E-state index contributed by atoms with van der Waals surface area (Å²) in [6.07, 6.45) is 4.83. The molecule has 0 heterocycles. The molecule has 2 nitrogen and oxygen atoms in total. The second-order valence-electron chi connectivity index (χ2n) is 5.65. The van der Waals surface area contributed by atoms with Crippen molar-refractivity contribution in [1.29, 1.82) is 0 Å². The van der Waals surface area contributed by atoms with Gasteiger partial charge in [0.25, 0.3) is 0 Å². The Morgan fingerprint density at radius 3 is 2.53 bits per heavy atom. The van der Waals surface area contributed by atoms with Crippen LogP contribution in [0.1, 0.15) is 44.2 Å². The van der Waals surface area contributed by atoms with Gasteiger partial charge in [-0.05, 0) is 37.8 Å². The van der Waals surface area contributed by atoms with Gasteiger partial charge in [-0.1, -0.05) is 31.9 Å². The standard InChI is InChI=1S/C16H24FNO/c1-11-7-9-12(10-8-11)16(18-2)13-5-4-6-14(19-3)15(13)17/h4-6,11-12,16,18H,7-10H2,1-3H3. The fraction of sp³-hybridized carbons (Fsp3) is 0.625. The molecule has 1 aliphatic rings. The van der Waals surface area contributed by atoms with Crippen LogP contribution in [-0.4, -0.2) is 14.2 Å². The first-order valence-electron chi connectivity index (χ1n) is 7.17. The molecule has 3 heteroatoms. The summed E-state index contributed by atoms with van der Waals surface area (Å²) >= 11 is 0. The van der Waals surface area contributed by atoms with Crippen LogP contribution in [0.2, 0.25) is 0 Å². The van der Waals surface area contributed by atoms with E-state index in [4.69, 9.17) is 4.74 Å². The van der Waals surface area contributed by atoms with Gasteiger partial charge in [0.2, 0.25) is 0 Å². The molecular weight excluding hydrogens is 241 g/mol. The van der Waals surface area contributed by atoms with Gasteiger partial charge in [-0.3, -0.25) is 0 Å². The second kappa shape index (κ2) is 6.38. The molecule has 1 aliphatic carbocycles. The monoisotopic (exact) mass is 265 g/mol. The van der Waals surface area contributed by atoms with Crippen molar-refractivity contribution in [3.63, 3.8) is 0 Å². The van der Waals surface area contributed by atoms with Crippen LogP contribution in [0.3, 0.4) is 0 Å². The molecule has 106 valence electrons. The highest BCUT2D eigenvalue weighted by Gasteiger charge is 2.28. The lowest BCUT2D eigenvalue weighted by Gasteiger charge is -2.33. The maximum absolute atomic E-state index is 14.4. The number of methoxy groups -OCH3 is 1. The number of nitrogens with one attached hydrogen (secondary N) is 1. The highest BCUT2D eigenvalue weighted by molar-refractivity contribution is 5.33. The number of hydrogen-bond acceptors (Lipinski definition) is 2. The SMILES string of the molecule is CNC(c1cccc(OC)c1F)C1CCC(C)CC1. The van der Waals surface area contributed by atoms with E-state index in [0.29, 0.717) is 11.7 Å². The molecule has 0 aromatic heterocycles. The zero-order valence-corrected chi connectivity index (χ0v) is 12.1. The summed E-state index contributed by atoms with van der Waals surface area (Å²) in [5.74, 6) is 1.44. The minimum atomic E-state index is -0.219. The molecule has 1 aromatic carbocycles. The summed E-state index contributed by atoms with van der Waals surface area (Å²) in [4.78, 5) is 0. The largest absolute Gasteiger partial charge is 0.494 e. The molecule has 0 bridgehead atoms. The van der Waals surface area contributed by atoms with Gasteiger partial charge in [-0.2, -0.15) is 0 Å². The summed E-state index contributed by atoms with van der Waals surface area (Å²) in [6.45, 7) is 2.30. The molecule has 1 aromatic rings. The molecule has 0 amide bonds. The van der Waals surface area contributed by atoms with Gasteiger partial charge in [0, 0.05) is 11.6 Å². The van der Waals surface area contributed by atoms with Crippen LogP contribution in [0, 0.1) is 17.7 Å². The van der Waals surface area contributed by atoms with Crippen LogP contribution in [0.25, 0.3) is 0 Å². The predicted octanol–water partition coefficient (Wildman–Crippen LogP) is 3.92. The average molecular weight is 265 g/mol. The third-order valence-electron chi connectivity index (χ3n) is 4.39. The molecule has 2 rings (SSSR count). The van der Waals surface area contributed by atoms with E-state index in [1.54, 1.807) is 6.07 Å². The average Bonchev–Trinajstić information content (AvgIpc) is 2.43. The summed E-state index contributed by atoms with van der Waals surface area (Å²) in [6, 6.07) is 5.50. The van der Waals surface area contributed by atoms with Crippen LogP contribution >= 0.6 is 0 Å². The van der Waals surface area contributed by atoms with Gasteiger partial charge in [0.05, 0.1) is 7.11 Å². The predicted molar refractivity (Wildman–Crippen MR) is 75.9 cm³/mol. The number of halogens is 1. The minimum Gasteiger partial charge on any atom is -0.494 e. The van der Waals surface area contributed by atoms with Gasteiger partial charge < -0.3 is 10.1 Å². The number of ether oxygens (including phenoxy) is 1. The topological polar surface area (TPSA) is 21.3 Å². The third-order valence-corrected chi connectivity index (χ3v) is 4.39. The van der Waals surface area contributed by atoms with Gasteiger partial charge in [-0.15, -0.1) is 0 Å². The van der Waals surface area contributed by atoms with Crippen LogP contribution in [0.4, 0.5) is 4.39 Å². The van der Waals surface area contributed by atoms with Crippen molar-refractivity contribution in [2.75, 3.05) is 14.2 Å². The second-order valence-corrected chi connectivity index (χ2v) is 5.65.